The number of hydrogen-bond donors (Lipinski definition) is 3. The fraction of sp³-hybridized carbons (Fsp3) is 0.304. The molecule has 164 valence electrons. The van der Waals surface area contributed by atoms with Crippen LogP contribution < -0.4 is 11.5 Å². The highest BCUT2D eigenvalue weighted by Crippen LogP contribution is 2.44. The minimum absolute atomic E-state index is 0.00823. The van der Waals surface area contributed by atoms with E-state index in [1.54, 1.807) is 24.3 Å². The van der Waals surface area contributed by atoms with Gasteiger partial charge in [-0.3, -0.25) is 9.59 Å². The van der Waals surface area contributed by atoms with E-state index < -0.39 is 36.0 Å². The summed E-state index contributed by atoms with van der Waals surface area (Å²) in [6, 6.07) is 9.87. The summed E-state index contributed by atoms with van der Waals surface area (Å²) in [5.41, 5.74) is 11.5. The first kappa shape index (κ1) is 16.0. The van der Waals surface area contributed by atoms with Gasteiger partial charge in [0.05, 0.1) is 11.4 Å². The van der Waals surface area contributed by atoms with E-state index in [9.17, 15) is 14.7 Å². The molecule has 9 nitrogen and oxygen atoms in total. The van der Waals surface area contributed by atoms with Crippen molar-refractivity contribution in [2.45, 2.75) is 30.7 Å². The quantitative estimate of drug-likeness (QED) is 0.553. The van der Waals surface area contributed by atoms with Crippen LogP contribution in [0.4, 0.5) is 5.69 Å². The van der Waals surface area contributed by atoms with Crippen LogP contribution in [-0.2, 0) is 10.4 Å². The molecule has 0 radical (unpaired) electrons. The smallest absolute Gasteiger partial charge is 0.269 e. The number of hydrogen-bond acceptors (Lipinski definition) is 7. The van der Waals surface area contributed by atoms with Crippen molar-refractivity contribution in [3.8, 4) is 22.5 Å². The Labute approximate surface area is 189 Å². The van der Waals surface area contributed by atoms with Gasteiger partial charge in [0.1, 0.15) is 5.69 Å². The molecule has 2 fully saturated rings. The highest BCUT2D eigenvalue weighted by Gasteiger charge is 2.48. The molecule has 5 N–H and O–H groups in total. The number of nitrogens with zero attached hydrogens (tertiary/aromatic N) is 3. The lowest BCUT2D eigenvalue weighted by Crippen LogP contribution is -2.35. The third kappa shape index (κ3) is 3.21. The van der Waals surface area contributed by atoms with E-state index in [-0.39, 0.29) is 23.0 Å². The molecule has 1 atom stereocenters. The first-order valence-electron chi connectivity index (χ1n) is 12.0. The molecule has 0 unspecified atom stereocenters. The normalized spacial score (nSPS) is 25.7. The van der Waals surface area contributed by atoms with Crippen LogP contribution in [0.25, 0.3) is 22.5 Å². The lowest BCUT2D eigenvalue weighted by molar-refractivity contribution is -0.144. The molecule has 5 rings (SSSR count). The minimum Gasteiger partial charge on any atom is -0.397 e. The topological polar surface area (TPSA) is 149 Å². The van der Waals surface area contributed by atoms with E-state index in [4.69, 9.17) is 21.5 Å². The van der Waals surface area contributed by atoms with Crippen molar-refractivity contribution in [3.05, 3.63) is 53.4 Å². The van der Waals surface area contributed by atoms with Crippen molar-refractivity contribution in [3.63, 3.8) is 0 Å². The summed E-state index contributed by atoms with van der Waals surface area (Å²) in [5, 5.41) is 14.9. The molecular weight excluding hydrogens is 410 g/mol. The van der Waals surface area contributed by atoms with Gasteiger partial charge in [-0.2, -0.15) is 0 Å². The number of likely N-dealkylation sites (N-methyl/N-ethyl adjacent to an activating group) is 1. The van der Waals surface area contributed by atoms with E-state index in [1.165, 1.54) is 6.07 Å². The Balaban J connectivity index is 1.55. The molecule has 32 heavy (non-hydrogen) atoms. The molecule has 2 amide bonds. The minimum atomic E-state index is -3.03. The Hall–Kier alpha value is -3.72. The van der Waals surface area contributed by atoms with Crippen molar-refractivity contribution in [2.75, 3.05) is 19.3 Å². The van der Waals surface area contributed by atoms with Crippen LogP contribution in [0.2, 0.25) is 0 Å². The van der Waals surface area contributed by atoms with E-state index in [0.717, 1.165) is 25.5 Å². The zero-order chi connectivity index (χ0) is 26.2. The summed E-state index contributed by atoms with van der Waals surface area (Å²) in [6.45, 7) is -2.79. The fourth-order valence-electron chi connectivity index (χ4n) is 3.74. The fourth-order valence-corrected chi connectivity index (χ4v) is 3.74. The Morgan fingerprint density at radius 2 is 2.00 bits per heavy atom. The van der Waals surface area contributed by atoms with Crippen molar-refractivity contribution in [2.24, 2.45) is 5.73 Å². The SMILES string of the molecule is [2H]C1([2H])N(C)C(=O)[C@](O)(c2cc(-c3cccc(-c4cc(C5CC5)c(N)c(C(N)=O)n4)c3)no2)C1([2H])[2H]. The third-order valence-corrected chi connectivity index (χ3v) is 5.68. The third-order valence-electron chi connectivity index (χ3n) is 5.68. The number of aliphatic hydroxyl groups is 1. The number of aromatic nitrogens is 2. The number of rotatable bonds is 5. The number of primary amides is 1. The van der Waals surface area contributed by atoms with E-state index >= 15 is 0 Å². The molecule has 1 saturated heterocycles. The Bertz CT molecular complexity index is 1420. The lowest BCUT2D eigenvalue weighted by Gasteiger charge is -2.16. The predicted molar refractivity (Wildman–Crippen MR) is 116 cm³/mol. The average Bonchev–Trinajstić information content (AvgIpc) is 3.55. The largest absolute Gasteiger partial charge is 0.397 e. The molecular formula is C23H23N5O4. The number of amides is 2. The molecule has 1 aromatic carbocycles. The van der Waals surface area contributed by atoms with Gasteiger partial charge in [-0.15, -0.1) is 0 Å². The number of nitrogens with two attached hydrogens (primary N) is 2. The van der Waals surface area contributed by atoms with E-state index in [2.05, 4.69) is 10.1 Å². The number of carbonyl (C=O) groups is 2. The standard InChI is InChI=1S/C23H23N5O4/c1-28-8-7-23(31,22(28)30)18-11-17(27-32-18)14-4-2-3-13(9-14)16-10-15(12-5-6-12)19(24)20(26-16)21(25)29/h2-4,9-12,31H,5-8,24H2,1H3,(H2,25,29)/t23-/m1/s1/i7D2,8D2. The monoisotopic (exact) mass is 437 g/mol. The first-order chi connectivity index (χ1) is 16.8. The van der Waals surface area contributed by atoms with Gasteiger partial charge >= 0.3 is 0 Å². The van der Waals surface area contributed by atoms with Gasteiger partial charge < -0.3 is 26.0 Å². The molecule has 0 bridgehead atoms. The Kier molecular flexibility index (Phi) is 3.58. The van der Waals surface area contributed by atoms with Crippen LogP contribution in [-0.4, -0.2) is 45.5 Å². The van der Waals surface area contributed by atoms with E-state index in [1.807, 2.05) is 6.07 Å². The maximum Gasteiger partial charge on any atom is 0.269 e. The van der Waals surface area contributed by atoms with Crippen molar-refractivity contribution in [1.29, 1.82) is 0 Å². The van der Waals surface area contributed by atoms with Gasteiger partial charge in [0, 0.05) is 42.6 Å². The molecule has 3 heterocycles. The molecule has 1 aliphatic carbocycles. The van der Waals surface area contributed by atoms with Crippen LogP contribution in [0.3, 0.4) is 0 Å². The molecule has 3 aromatic rings. The lowest BCUT2D eigenvalue weighted by atomic mass is 9.97. The summed E-state index contributed by atoms with van der Waals surface area (Å²) in [4.78, 5) is 29.5. The van der Waals surface area contributed by atoms with Gasteiger partial charge in [0.2, 0.25) is 5.60 Å². The highest BCUT2D eigenvalue weighted by molar-refractivity contribution is 5.97. The van der Waals surface area contributed by atoms with Crippen LogP contribution in [0.15, 0.2) is 40.9 Å². The molecule has 2 aliphatic rings. The Morgan fingerprint density at radius 3 is 2.62 bits per heavy atom. The predicted octanol–water partition coefficient (Wildman–Crippen LogP) is 2.01. The maximum absolute atomic E-state index is 12.7. The molecule has 0 spiro atoms. The highest BCUT2D eigenvalue weighted by atomic mass is 16.5. The zero-order valence-corrected chi connectivity index (χ0v) is 17.1. The molecule has 9 heteroatoms. The van der Waals surface area contributed by atoms with Gasteiger partial charge in [0.15, 0.2) is 11.5 Å². The number of nitrogen functional groups attached to an aromatic ring is 1. The van der Waals surface area contributed by atoms with Gasteiger partial charge in [-0.25, -0.2) is 4.98 Å². The van der Waals surface area contributed by atoms with Crippen LogP contribution >= 0.6 is 0 Å². The van der Waals surface area contributed by atoms with Gasteiger partial charge in [0.25, 0.3) is 11.8 Å². The second-order valence-corrected chi connectivity index (χ2v) is 7.97. The zero-order valence-electron chi connectivity index (χ0n) is 21.1. The van der Waals surface area contributed by atoms with Crippen LogP contribution in [0, 0.1) is 0 Å². The number of benzene rings is 1. The van der Waals surface area contributed by atoms with Crippen LogP contribution in [0.5, 0.6) is 0 Å². The molecule has 1 saturated carbocycles. The first-order valence-corrected chi connectivity index (χ1v) is 9.99. The van der Waals surface area contributed by atoms with E-state index in [0.29, 0.717) is 21.7 Å². The summed E-state index contributed by atoms with van der Waals surface area (Å²) in [7, 11) is 1.06. The summed E-state index contributed by atoms with van der Waals surface area (Å²) < 4.78 is 37.4. The second-order valence-electron chi connectivity index (χ2n) is 7.97. The van der Waals surface area contributed by atoms with Gasteiger partial charge in [-0.1, -0.05) is 23.4 Å². The number of likely N-dealkylation sites (tertiary alicyclic amines) is 1. The maximum atomic E-state index is 12.7. The second kappa shape index (κ2) is 7.16. The van der Waals surface area contributed by atoms with Gasteiger partial charge in [-0.05, 0) is 36.5 Å². The van der Waals surface area contributed by atoms with Crippen molar-refractivity contribution < 1.29 is 24.7 Å². The van der Waals surface area contributed by atoms with Crippen molar-refractivity contribution in [1.82, 2.24) is 15.0 Å². The number of carbonyl (C=O) groups excluding carboxylic acids is 2. The average molecular weight is 437 g/mol. The number of anilines is 1. The summed E-state index contributed by atoms with van der Waals surface area (Å²) in [6.07, 6.45) is -1.12. The number of pyridine rings is 1. The summed E-state index contributed by atoms with van der Waals surface area (Å²) >= 11 is 0. The Morgan fingerprint density at radius 1 is 1.28 bits per heavy atom. The summed E-state index contributed by atoms with van der Waals surface area (Å²) in [5.74, 6) is -2.21. The van der Waals surface area contributed by atoms with Crippen LogP contribution in [0.1, 0.15) is 52.4 Å². The molecule has 1 aliphatic heterocycles. The van der Waals surface area contributed by atoms with Crippen molar-refractivity contribution >= 4 is 17.5 Å². The molecule has 2 aromatic heterocycles.